The third-order valence-electron chi connectivity index (χ3n) is 2.28. The van der Waals surface area contributed by atoms with Crippen molar-refractivity contribution in [2.24, 2.45) is 0 Å². The second kappa shape index (κ2) is 3.80. The zero-order chi connectivity index (χ0) is 9.97. The van der Waals surface area contributed by atoms with E-state index in [9.17, 15) is 4.79 Å². The molecule has 1 aromatic rings. The van der Waals surface area contributed by atoms with Gasteiger partial charge in [-0.1, -0.05) is 25.1 Å². The fraction of sp³-hybridized carbons (Fsp3) is 0.364. The third kappa shape index (κ3) is 1.93. The fourth-order valence-electron chi connectivity index (χ4n) is 1.42. The molecule has 0 unspecified atom stereocenters. The fourth-order valence-corrected chi connectivity index (χ4v) is 1.42. The maximum atomic E-state index is 11.5. The minimum atomic E-state index is -0.236. The first-order valence-corrected chi connectivity index (χ1v) is 4.82. The zero-order valence-corrected chi connectivity index (χ0v) is 8.07. The van der Waals surface area contributed by atoms with Gasteiger partial charge in [0.1, 0.15) is 0 Å². The summed E-state index contributed by atoms with van der Waals surface area (Å²) >= 11 is 0. The van der Waals surface area contributed by atoms with Crippen molar-refractivity contribution >= 4 is 11.6 Å². The molecule has 2 atom stereocenters. The minimum Gasteiger partial charge on any atom is -0.359 e. The summed E-state index contributed by atoms with van der Waals surface area (Å²) in [6.07, 6.45) is 0.784. The summed E-state index contributed by atoms with van der Waals surface area (Å²) in [5, 5.41) is 2.80. The van der Waals surface area contributed by atoms with Gasteiger partial charge in [0.2, 0.25) is 0 Å². The molecule has 0 radical (unpaired) electrons. The van der Waals surface area contributed by atoms with Gasteiger partial charge in [-0.05, 0) is 18.6 Å². The summed E-state index contributed by atoms with van der Waals surface area (Å²) in [5.74, 6) is -0.0388. The molecule has 1 amide bonds. The van der Waals surface area contributed by atoms with Crippen LogP contribution in [0.3, 0.4) is 0 Å². The Morgan fingerprint density at radius 1 is 1.43 bits per heavy atom. The first-order valence-electron chi connectivity index (χ1n) is 4.82. The molecule has 1 saturated heterocycles. The highest BCUT2D eigenvalue weighted by Crippen LogP contribution is 2.26. The Labute approximate surface area is 83.1 Å². The van der Waals surface area contributed by atoms with Gasteiger partial charge in [0.15, 0.2) is 6.10 Å². The van der Waals surface area contributed by atoms with Crippen LogP contribution in [0.2, 0.25) is 0 Å². The normalized spacial score (nSPS) is 24.4. The summed E-state index contributed by atoms with van der Waals surface area (Å²) in [6.45, 7) is 2.01. The van der Waals surface area contributed by atoms with Gasteiger partial charge < -0.3 is 10.1 Å². The van der Waals surface area contributed by atoms with Crippen molar-refractivity contribution in [2.75, 3.05) is 5.32 Å². The van der Waals surface area contributed by atoms with Crippen molar-refractivity contribution in [3.63, 3.8) is 0 Å². The van der Waals surface area contributed by atoms with Gasteiger partial charge >= 0.3 is 0 Å². The molecule has 1 fully saturated rings. The summed E-state index contributed by atoms with van der Waals surface area (Å²) in [7, 11) is 0. The van der Waals surface area contributed by atoms with Crippen LogP contribution in [0.5, 0.6) is 0 Å². The lowest BCUT2D eigenvalue weighted by Gasteiger charge is -2.01. The number of carbonyl (C=O) groups is 1. The van der Waals surface area contributed by atoms with E-state index in [0.717, 1.165) is 12.1 Å². The molecule has 0 bridgehead atoms. The molecule has 0 saturated carbocycles. The van der Waals surface area contributed by atoms with E-state index in [2.05, 4.69) is 5.32 Å². The Balaban J connectivity index is 1.90. The highest BCUT2D eigenvalue weighted by Gasteiger charge is 2.43. The molecule has 1 aromatic carbocycles. The molecular weight excluding hydrogens is 178 g/mol. The van der Waals surface area contributed by atoms with Crippen LogP contribution < -0.4 is 5.32 Å². The van der Waals surface area contributed by atoms with Crippen molar-refractivity contribution in [1.29, 1.82) is 0 Å². The largest absolute Gasteiger partial charge is 0.359 e. The van der Waals surface area contributed by atoms with Crippen molar-refractivity contribution < 1.29 is 9.53 Å². The van der Waals surface area contributed by atoms with Crippen LogP contribution in [0.25, 0.3) is 0 Å². The van der Waals surface area contributed by atoms with Crippen LogP contribution in [0.15, 0.2) is 30.3 Å². The van der Waals surface area contributed by atoms with Gasteiger partial charge in [0, 0.05) is 5.69 Å². The summed E-state index contributed by atoms with van der Waals surface area (Å²) < 4.78 is 5.19. The van der Waals surface area contributed by atoms with Crippen molar-refractivity contribution in [2.45, 2.75) is 25.6 Å². The molecule has 74 valence electrons. The predicted molar refractivity (Wildman–Crippen MR) is 54.0 cm³/mol. The molecule has 1 aliphatic rings. The molecule has 1 N–H and O–H groups in total. The van der Waals surface area contributed by atoms with Crippen LogP contribution >= 0.6 is 0 Å². The van der Waals surface area contributed by atoms with Gasteiger partial charge in [-0.15, -0.1) is 0 Å². The summed E-state index contributed by atoms with van der Waals surface area (Å²) in [5.41, 5.74) is 0.822. The number of para-hydroxylation sites is 1. The van der Waals surface area contributed by atoms with Gasteiger partial charge in [0.25, 0.3) is 5.91 Å². The van der Waals surface area contributed by atoms with E-state index in [1.54, 1.807) is 0 Å². The van der Waals surface area contributed by atoms with Crippen LogP contribution in [0.4, 0.5) is 5.69 Å². The number of ether oxygens (including phenoxy) is 1. The Hall–Kier alpha value is -1.35. The smallest absolute Gasteiger partial charge is 0.256 e. The van der Waals surface area contributed by atoms with Crippen molar-refractivity contribution in [1.82, 2.24) is 0 Å². The second-order valence-corrected chi connectivity index (χ2v) is 3.36. The van der Waals surface area contributed by atoms with Crippen LogP contribution in [-0.2, 0) is 9.53 Å². The van der Waals surface area contributed by atoms with Gasteiger partial charge in [0.05, 0.1) is 6.10 Å². The van der Waals surface area contributed by atoms with E-state index >= 15 is 0 Å². The molecule has 3 nitrogen and oxygen atoms in total. The van der Waals surface area contributed by atoms with Gasteiger partial charge in [-0.25, -0.2) is 0 Å². The van der Waals surface area contributed by atoms with E-state index in [0.29, 0.717) is 0 Å². The molecule has 3 heteroatoms. The predicted octanol–water partition coefficient (Wildman–Crippen LogP) is 1.80. The second-order valence-electron chi connectivity index (χ2n) is 3.36. The highest BCUT2D eigenvalue weighted by atomic mass is 16.6. The molecular formula is C11H13NO2. The standard InChI is InChI=1S/C11H13NO2/c1-2-9-10(14-9)11(13)12-8-6-4-3-5-7-8/h3-7,9-10H,2H2,1H3,(H,12,13)/t9-,10-/m0/s1. The zero-order valence-electron chi connectivity index (χ0n) is 8.07. The maximum Gasteiger partial charge on any atom is 0.256 e. The molecule has 0 aromatic heterocycles. The van der Waals surface area contributed by atoms with Crippen molar-refractivity contribution in [3.05, 3.63) is 30.3 Å². The van der Waals surface area contributed by atoms with Crippen LogP contribution in [-0.4, -0.2) is 18.1 Å². The quantitative estimate of drug-likeness (QED) is 0.740. The van der Waals surface area contributed by atoms with Crippen LogP contribution in [0.1, 0.15) is 13.3 Å². The lowest BCUT2D eigenvalue weighted by Crippen LogP contribution is -2.19. The number of benzene rings is 1. The maximum absolute atomic E-state index is 11.5. The minimum absolute atomic E-state index is 0.0388. The van der Waals surface area contributed by atoms with E-state index in [4.69, 9.17) is 4.74 Å². The Morgan fingerprint density at radius 3 is 2.71 bits per heavy atom. The van der Waals surface area contributed by atoms with Crippen LogP contribution in [0, 0.1) is 0 Å². The van der Waals surface area contributed by atoms with E-state index in [1.807, 2.05) is 37.3 Å². The number of epoxide rings is 1. The number of carbonyl (C=O) groups excluding carboxylic acids is 1. The van der Waals surface area contributed by atoms with E-state index in [1.165, 1.54) is 0 Å². The monoisotopic (exact) mass is 191 g/mol. The Morgan fingerprint density at radius 2 is 2.14 bits per heavy atom. The SMILES string of the molecule is CC[C@@H]1O[C@@H]1C(=O)Nc1ccccc1. The average molecular weight is 191 g/mol. The Bertz CT molecular complexity index is 323. The topological polar surface area (TPSA) is 41.6 Å². The number of rotatable bonds is 3. The first kappa shape index (κ1) is 9.21. The Kier molecular flexibility index (Phi) is 2.50. The highest BCUT2D eigenvalue weighted by molar-refractivity contribution is 5.96. The molecule has 1 aliphatic heterocycles. The van der Waals surface area contributed by atoms with Crippen molar-refractivity contribution in [3.8, 4) is 0 Å². The van der Waals surface area contributed by atoms with E-state index < -0.39 is 0 Å². The molecule has 0 aliphatic carbocycles. The average Bonchev–Trinajstić information content (AvgIpc) is 2.98. The molecule has 0 spiro atoms. The molecule has 14 heavy (non-hydrogen) atoms. The third-order valence-corrected chi connectivity index (χ3v) is 2.28. The number of hydrogen-bond donors (Lipinski definition) is 1. The van der Waals surface area contributed by atoms with Gasteiger partial charge in [-0.3, -0.25) is 4.79 Å². The first-order chi connectivity index (χ1) is 6.81. The number of hydrogen-bond acceptors (Lipinski definition) is 2. The van der Waals surface area contributed by atoms with Gasteiger partial charge in [-0.2, -0.15) is 0 Å². The molecule has 1 heterocycles. The molecule has 2 rings (SSSR count). The number of amides is 1. The lowest BCUT2D eigenvalue weighted by atomic mass is 10.2. The number of nitrogens with one attached hydrogen (secondary N) is 1. The lowest BCUT2D eigenvalue weighted by molar-refractivity contribution is -0.117. The van der Waals surface area contributed by atoms with E-state index in [-0.39, 0.29) is 18.1 Å². The number of anilines is 1. The summed E-state index contributed by atoms with van der Waals surface area (Å²) in [6, 6.07) is 9.42. The summed E-state index contributed by atoms with van der Waals surface area (Å²) in [4.78, 5) is 11.5.